The Hall–Kier alpha value is -1.70. The Balaban J connectivity index is 1.69. The molecule has 0 radical (unpaired) electrons. The molecule has 7 nitrogen and oxygen atoms in total. The number of nitrogens with zero attached hydrogens (tertiary/aromatic N) is 3. The number of nitro groups is 1. The maximum absolute atomic E-state index is 10.9. The number of aromatic nitrogens is 2. The molecule has 2 N–H and O–H groups in total. The smallest absolute Gasteiger partial charge is 0.290 e. The predicted molar refractivity (Wildman–Crippen MR) is 87.7 cm³/mol. The highest BCUT2D eigenvalue weighted by Crippen LogP contribution is 2.31. The lowest BCUT2D eigenvalue weighted by molar-refractivity contribution is -0.384. The SMILES string of the molecule is O=[N+]([O-])c1ccc2c(ncn2CCC[C@H]2NCCC[C@@H]2O)c1Cl. The molecule has 0 aliphatic carbocycles. The molecule has 0 bridgehead atoms. The number of hydrogen-bond donors (Lipinski definition) is 2. The molecule has 1 aromatic carbocycles. The standard InChI is InChI=1S/C15H19ClN4O3/c16-14-11(20(22)23)5-6-12-15(14)18-9-19(12)8-2-3-10-13(21)4-1-7-17-10/h5-6,9-10,13,17,21H,1-4,7-8H2/t10-,13+/m1/s1. The predicted octanol–water partition coefficient (Wildman–Crippen LogP) is 2.49. The van der Waals surface area contributed by atoms with E-state index >= 15 is 0 Å². The monoisotopic (exact) mass is 338 g/mol. The summed E-state index contributed by atoms with van der Waals surface area (Å²) >= 11 is 6.06. The number of aryl methyl sites for hydroxylation is 1. The fourth-order valence-corrected chi connectivity index (χ4v) is 3.40. The first-order chi connectivity index (χ1) is 11.1. The van der Waals surface area contributed by atoms with Crippen LogP contribution in [0.15, 0.2) is 18.5 Å². The summed E-state index contributed by atoms with van der Waals surface area (Å²) in [7, 11) is 0. The van der Waals surface area contributed by atoms with Crippen LogP contribution < -0.4 is 5.32 Å². The minimum absolute atomic E-state index is 0.0793. The summed E-state index contributed by atoms with van der Waals surface area (Å²) in [5.41, 5.74) is 1.12. The Morgan fingerprint density at radius 3 is 3.09 bits per heavy atom. The molecule has 2 atom stereocenters. The second-order valence-corrected chi connectivity index (χ2v) is 6.25. The average molecular weight is 339 g/mol. The second-order valence-electron chi connectivity index (χ2n) is 5.87. The van der Waals surface area contributed by atoms with E-state index in [1.807, 2.05) is 4.57 Å². The van der Waals surface area contributed by atoms with Gasteiger partial charge >= 0.3 is 0 Å². The Morgan fingerprint density at radius 2 is 2.35 bits per heavy atom. The molecule has 1 aliphatic rings. The van der Waals surface area contributed by atoms with E-state index in [-0.39, 0.29) is 22.9 Å². The van der Waals surface area contributed by atoms with Crippen LogP contribution in [-0.4, -0.2) is 38.3 Å². The number of aliphatic hydroxyl groups excluding tert-OH is 1. The molecular weight excluding hydrogens is 320 g/mol. The number of halogens is 1. The van der Waals surface area contributed by atoms with Crippen LogP contribution in [0.4, 0.5) is 5.69 Å². The van der Waals surface area contributed by atoms with Gasteiger partial charge in [-0.15, -0.1) is 0 Å². The molecule has 0 spiro atoms. The first-order valence-electron chi connectivity index (χ1n) is 7.77. The van der Waals surface area contributed by atoms with Gasteiger partial charge in [-0.25, -0.2) is 4.98 Å². The second kappa shape index (κ2) is 6.82. The van der Waals surface area contributed by atoms with Crippen LogP contribution in [0.1, 0.15) is 25.7 Å². The van der Waals surface area contributed by atoms with Crippen LogP contribution >= 0.6 is 11.6 Å². The van der Waals surface area contributed by atoms with E-state index in [1.54, 1.807) is 12.4 Å². The van der Waals surface area contributed by atoms with Crippen molar-refractivity contribution in [3.05, 3.63) is 33.6 Å². The Kier molecular flexibility index (Phi) is 4.79. The van der Waals surface area contributed by atoms with Crippen molar-refractivity contribution in [3.63, 3.8) is 0 Å². The highest BCUT2D eigenvalue weighted by atomic mass is 35.5. The molecule has 1 saturated heterocycles. The van der Waals surface area contributed by atoms with Gasteiger partial charge in [0.15, 0.2) is 0 Å². The summed E-state index contributed by atoms with van der Waals surface area (Å²) < 4.78 is 1.94. The maximum atomic E-state index is 10.9. The minimum atomic E-state index is -0.503. The average Bonchev–Trinajstić information content (AvgIpc) is 2.93. The van der Waals surface area contributed by atoms with Gasteiger partial charge in [0.05, 0.1) is 22.9 Å². The van der Waals surface area contributed by atoms with E-state index in [4.69, 9.17) is 11.6 Å². The van der Waals surface area contributed by atoms with E-state index < -0.39 is 4.92 Å². The number of rotatable bonds is 5. The molecular formula is C15H19ClN4O3. The molecule has 3 rings (SSSR count). The lowest BCUT2D eigenvalue weighted by atomic mass is 9.97. The van der Waals surface area contributed by atoms with Crippen LogP contribution in [0.5, 0.6) is 0 Å². The number of imidazole rings is 1. The molecule has 8 heteroatoms. The number of benzene rings is 1. The van der Waals surface area contributed by atoms with Crippen LogP contribution in [0.2, 0.25) is 5.02 Å². The third kappa shape index (κ3) is 3.31. The van der Waals surface area contributed by atoms with E-state index in [9.17, 15) is 15.2 Å². The maximum Gasteiger partial charge on any atom is 0.290 e. The summed E-state index contributed by atoms with van der Waals surface area (Å²) in [5, 5.41) is 24.3. The number of piperidine rings is 1. The summed E-state index contributed by atoms with van der Waals surface area (Å²) in [6.45, 7) is 1.69. The van der Waals surface area contributed by atoms with Crippen molar-refractivity contribution in [2.24, 2.45) is 0 Å². The Morgan fingerprint density at radius 1 is 1.52 bits per heavy atom. The molecule has 0 saturated carbocycles. The summed E-state index contributed by atoms with van der Waals surface area (Å²) in [6.07, 6.45) is 5.01. The van der Waals surface area contributed by atoms with Gasteiger partial charge in [0.2, 0.25) is 0 Å². The lowest BCUT2D eigenvalue weighted by Gasteiger charge is -2.29. The van der Waals surface area contributed by atoms with Gasteiger partial charge in [0.25, 0.3) is 5.69 Å². The van der Waals surface area contributed by atoms with E-state index in [1.165, 1.54) is 6.07 Å². The summed E-state index contributed by atoms with van der Waals surface area (Å²) in [6, 6.07) is 3.23. The first-order valence-corrected chi connectivity index (χ1v) is 8.15. The zero-order valence-electron chi connectivity index (χ0n) is 12.6. The molecule has 0 unspecified atom stereocenters. The van der Waals surface area contributed by atoms with Gasteiger partial charge in [0.1, 0.15) is 10.5 Å². The minimum Gasteiger partial charge on any atom is -0.392 e. The van der Waals surface area contributed by atoms with Crippen LogP contribution in [0.25, 0.3) is 11.0 Å². The van der Waals surface area contributed by atoms with Crippen molar-refractivity contribution >= 4 is 28.3 Å². The molecule has 23 heavy (non-hydrogen) atoms. The molecule has 124 valence electrons. The van der Waals surface area contributed by atoms with Gasteiger partial charge in [-0.1, -0.05) is 11.6 Å². The molecule has 1 aromatic heterocycles. The molecule has 0 amide bonds. The fourth-order valence-electron chi connectivity index (χ4n) is 3.12. The topological polar surface area (TPSA) is 93.2 Å². The number of hydrogen-bond acceptors (Lipinski definition) is 5. The first kappa shape index (κ1) is 16.2. The van der Waals surface area contributed by atoms with Crippen molar-refractivity contribution in [1.29, 1.82) is 0 Å². The molecule has 1 aliphatic heterocycles. The molecule has 2 aromatic rings. The Labute approximate surface area is 138 Å². The van der Waals surface area contributed by atoms with Crippen molar-refractivity contribution < 1.29 is 10.0 Å². The number of nitro benzene ring substituents is 1. The zero-order valence-corrected chi connectivity index (χ0v) is 13.4. The molecule has 1 fully saturated rings. The van der Waals surface area contributed by atoms with Gasteiger partial charge in [0, 0.05) is 18.7 Å². The quantitative estimate of drug-likeness (QED) is 0.645. The van der Waals surface area contributed by atoms with Crippen molar-refractivity contribution in [2.75, 3.05) is 6.54 Å². The number of aliphatic hydroxyl groups is 1. The third-order valence-electron chi connectivity index (χ3n) is 4.37. The van der Waals surface area contributed by atoms with E-state index in [0.717, 1.165) is 44.3 Å². The summed E-state index contributed by atoms with van der Waals surface area (Å²) in [5.74, 6) is 0. The lowest BCUT2D eigenvalue weighted by Crippen LogP contribution is -2.44. The van der Waals surface area contributed by atoms with Crippen LogP contribution in [-0.2, 0) is 6.54 Å². The third-order valence-corrected chi connectivity index (χ3v) is 4.74. The van der Waals surface area contributed by atoms with E-state index in [2.05, 4.69) is 10.3 Å². The zero-order chi connectivity index (χ0) is 16.4. The van der Waals surface area contributed by atoms with Crippen molar-refractivity contribution in [3.8, 4) is 0 Å². The van der Waals surface area contributed by atoms with Crippen LogP contribution in [0, 0.1) is 10.1 Å². The van der Waals surface area contributed by atoms with Gasteiger partial charge in [-0.3, -0.25) is 10.1 Å². The highest BCUT2D eigenvalue weighted by molar-refractivity contribution is 6.37. The Bertz CT molecular complexity index is 718. The number of nitrogens with one attached hydrogen (secondary N) is 1. The summed E-state index contributed by atoms with van der Waals surface area (Å²) in [4.78, 5) is 14.6. The van der Waals surface area contributed by atoms with Gasteiger partial charge < -0.3 is 15.0 Å². The highest BCUT2D eigenvalue weighted by Gasteiger charge is 2.22. The molecule has 2 heterocycles. The largest absolute Gasteiger partial charge is 0.392 e. The van der Waals surface area contributed by atoms with E-state index in [0.29, 0.717) is 5.52 Å². The number of fused-ring (bicyclic) bond motifs is 1. The van der Waals surface area contributed by atoms with Gasteiger partial charge in [-0.05, 0) is 38.3 Å². The normalized spacial score (nSPS) is 21.7. The van der Waals surface area contributed by atoms with Gasteiger partial charge in [-0.2, -0.15) is 0 Å². The van der Waals surface area contributed by atoms with Crippen molar-refractivity contribution in [1.82, 2.24) is 14.9 Å². The fraction of sp³-hybridized carbons (Fsp3) is 0.533. The van der Waals surface area contributed by atoms with Crippen molar-refractivity contribution in [2.45, 2.75) is 44.4 Å². The van der Waals surface area contributed by atoms with Crippen LogP contribution in [0.3, 0.4) is 0 Å².